The second-order valence-corrected chi connectivity index (χ2v) is 4.57. The Bertz CT molecular complexity index is 654. The number of non-ortho nitro benzene ring substituents is 1. The number of nitro benzene ring substituents is 1. The van der Waals surface area contributed by atoms with Gasteiger partial charge in [-0.3, -0.25) is 10.1 Å². The zero-order valence-electron chi connectivity index (χ0n) is 11.2. The predicted molar refractivity (Wildman–Crippen MR) is 75.1 cm³/mol. The minimum Gasteiger partial charge on any atom is -0.450 e. The fraction of sp³-hybridized carbons (Fsp3) is 0.133. The standard InChI is InChI=1S/C15H13NO5/c1-15(21-14(17)18,11-5-3-2-4-6-11)12-7-9-13(10-8-12)16(19)20/h2-10H,1H3,(H,17,18)/t15-/m0/s1. The van der Waals surface area contributed by atoms with E-state index in [0.29, 0.717) is 11.1 Å². The monoisotopic (exact) mass is 287 g/mol. The minimum absolute atomic E-state index is 0.0653. The van der Waals surface area contributed by atoms with Crippen LogP contribution < -0.4 is 0 Å². The van der Waals surface area contributed by atoms with Gasteiger partial charge in [0.1, 0.15) is 0 Å². The molecule has 21 heavy (non-hydrogen) atoms. The van der Waals surface area contributed by atoms with Crippen LogP contribution >= 0.6 is 0 Å². The van der Waals surface area contributed by atoms with E-state index in [1.165, 1.54) is 24.3 Å². The Kier molecular flexibility index (Phi) is 3.89. The first-order chi connectivity index (χ1) is 9.93. The fourth-order valence-corrected chi connectivity index (χ4v) is 2.12. The first-order valence-electron chi connectivity index (χ1n) is 6.16. The zero-order chi connectivity index (χ0) is 15.5. The second-order valence-electron chi connectivity index (χ2n) is 4.57. The third-order valence-corrected chi connectivity index (χ3v) is 3.25. The van der Waals surface area contributed by atoms with Crippen LogP contribution in [0.15, 0.2) is 54.6 Å². The molecule has 0 aliphatic rings. The molecule has 0 unspecified atom stereocenters. The van der Waals surface area contributed by atoms with Gasteiger partial charge < -0.3 is 9.84 Å². The van der Waals surface area contributed by atoms with Crippen LogP contribution in [0.3, 0.4) is 0 Å². The molecule has 0 saturated carbocycles. The molecule has 0 aromatic heterocycles. The Labute approximate surface area is 120 Å². The van der Waals surface area contributed by atoms with Gasteiger partial charge in [-0.15, -0.1) is 0 Å². The second kappa shape index (κ2) is 5.62. The number of benzene rings is 2. The smallest absolute Gasteiger partial charge is 0.450 e. The van der Waals surface area contributed by atoms with E-state index < -0.39 is 16.7 Å². The predicted octanol–water partition coefficient (Wildman–Crippen LogP) is 3.55. The molecule has 108 valence electrons. The van der Waals surface area contributed by atoms with Gasteiger partial charge in [-0.25, -0.2) is 4.79 Å². The number of hydrogen-bond acceptors (Lipinski definition) is 4. The molecule has 0 radical (unpaired) electrons. The maximum absolute atomic E-state index is 11.0. The number of nitrogens with zero attached hydrogens (tertiary/aromatic N) is 1. The van der Waals surface area contributed by atoms with E-state index in [4.69, 9.17) is 9.84 Å². The van der Waals surface area contributed by atoms with Crippen molar-refractivity contribution in [2.75, 3.05) is 0 Å². The molecular formula is C15H13NO5. The van der Waals surface area contributed by atoms with Crippen LogP contribution in [0.2, 0.25) is 0 Å². The molecule has 6 heteroatoms. The summed E-state index contributed by atoms with van der Waals surface area (Å²) in [5.74, 6) is 0. The highest BCUT2D eigenvalue weighted by Crippen LogP contribution is 2.34. The SMILES string of the molecule is C[C@](OC(=O)O)(c1ccccc1)c1ccc([N+](=O)[O-])cc1. The lowest BCUT2D eigenvalue weighted by Crippen LogP contribution is -2.29. The summed E-state index contributed by atoms with van der Waals surface area (Å²) in [7, 11) is 0. The number of hydrogen-bond donors (Lipinski definition) is 1. The molecule has 2 aromatic carbocycles. The van der Waals surface area contributed by atoms with Crippen LogP contribution in [0.4, 0.5) is 10.5 Å². The fourth-order valence-electron chi connectivity index (χ4n) is 2.12. The van der Waals surface area contributed by atoms with Gasteiger partial charge in [0.05, 0.1) is 4.92 Å². The first-order valence-corrected chi connectivity index (χ1v) is 6.16. The van der Waals surface area contributed by atoms with Crippen molar-refractivity contribution >= 4 is 11.8 Å². The van der Waals surface area contributed by atoms with Crippen molar-refractivity contribution in [2.45, 2.75) is 12.5 Å². The van der Waals surface area contributed by atoms with Crippen molar-refractivity contribution in [3.8, 4) is 0 Å². The third-order valence-electron chi connectivity index (χ3n) is 3.25. The summed E-state index contributed by atoms with van der Waals surface area (Å²) < 4.78 is 5.06. The lowest BCUT2D eigenvalue weighted by Gasteiger charge is -2.29. The van der Waals surface area contributed by atoms with E-state index in [2.05, 4.69) is 0 Å². The summed E-state index contributed by atoms with van der Waals surface area (Å²) >= 11 is 0. The molecule has 1 atom stereocenters. The molecule has 2 aromatic rings. The first kappa shape index (κ1) is 14.5. The van der Waals surface area contributed by atoms with Crippen LogP contribution in [0, 0.1) is 10.1 Å². The molecule has 2 rings (SSSR count). The lowest BCUT2D eigenvalue weighted by molar-refractivity contribution is -0.384. The van der Waals surface area contributed by atoms with Gasteiger partial charge in [-0.2, -0.15) is 0 Å². The normalized spacial score (nSPS) is 13.2. The van der Waals surface area contributed by atoms with Gasteiger partial charge in [0.25, 0.3) is 5.69 Å². The van der Waals surface area contributed by atoms with Crippen molar-refractivity contribution < 1.29 is 19.6 Å². The molecule has 0 aliphatic heterocycles. The molecule has 0 fully saturated rings. The number of nitro groups is 1. The lowest BCUT2D eigenvalue weighted by atomic mass is 9.88. The van der Waals surface area contributed by atoms with E-state index in [9.17, 15) is 14.9 Å². The van der Waals surface area contributed by atoms with Gasteiger partial charge in [-0.05, 0) is 24.6 Å². The molecule has 0 aliphatic carbocycles. The summed E-state index contributed by atoms with van der Waals surface area (Å²) in [6.07, 6.45) is -1.42. The molecule has 0 bridgehead atoms. The van der Waals surface area contributed by atoms with Crippen molar-refractivity contribution in [3.05, 3.63) is 75.8 Å². The van der Waals surface area contributed by atoms with E-state index in [1.54, 1.807) is 37.3 Å². The molecular weight excluding hydrogens is 274 g/mol. The van der Waals surface area contributed by atoms with Crippen molar-refractivity contribution in [1.29, 1.82) is 0 Å². The van der Waals surface area contributed by atoms with Gasteiger partial charge >= 0.3 is 6.16 Å². The maximum atomic E-state index is 11.0. The summed E-state index contributed by atoms with van der Waals surface area (Å²) in [5.41, 5.74) is -0.144. The average molecular weight is 287 g/mol. The number of ether oxygens (including phenoxy) is 1. The van der Waals surface area contributed by atoms with Gasteiger partial charge in [0, 0.05) is 17.7 Å². The van der Waals surface area contributed by atoms with E-state index in [1.807, 2.05) is 0 Å². The van der Waals surface area contributed by atoms with Crippen LogP contribution in [0.5, 0.6) is 0 Å². The van der Waals surface area contributed by atoms with Gasteiger partial charge in [0.15, 0.2) is 5.60 Å². The number of carbonyl (C=O) groups is 1. The minimum atomic E-state index is -1.42. The van der Waals surface area contributed by atoms with E-state index >= 15 is 0 Å². The number of carboxylic acid groups (broad SMARTS) is 1. The molecule has 0 spiro atoms. The molecule has 1 N–H and O–H groups in total. The van der Waals surface area contributed by atoms with Crippen LogP contribution in [-0.4, -0.2) is 16.2 Å². The van der Waals surface area contributed by atoms with Crippen molar-refractivity contribution in [3.63, 3.8) is 0 Å². The molecule has 0 saturated heterocycles. The van der Waals surface area contributed by atoms with Gasteiger partial charge in [-0.1, -0.05) is 30.3 Å². The van der Waals surface area contributed by atoms with E-state index in [0.717, 1.165) is 0 Å². The Hall–Kier alpha value is -2.89. The highest BCUT2D eigenvalue weighted by molar-refractivity contribution is 5.59. The molecule has 0 heterocycles. The maximum Gasteiger partial charge on any atom is 0.507 e. The van der Waals surface area contributed by atoms with Gasteiger partial charge in [0.2, 0.25) is 0 Å². The number of rotatable bonds is 4. The molecule has 0 amide bonds. The third kappa shape index (κ3) is 3.00. The van der Waals surface area contributed by atoms with Crippen LogP contribution in [-0.2, 0) is 10.3 Å². The van der Waals surface area contributed by atoms with Crippen LogP contribution in [0.25, 0.3) is 0 Å². The van der Waals surface area contributed by atoms with Crippen molar-refractivity contribution in [1.82, 2.24) is 0 Å². The van der Waals surface area contributed by atoms with Crippen LogP contribution in [0.1, 0.15) is 18.1 Å². The summed E-state index contributed by atoms with van der Waals surface area (Å²) in [5, 5.41) is 19.7. The Morgan fingerprint density at radius 3 is 2.10 bits per heavy atom. The Morgan fingerprint density at radius 2 is 1.62 bits per heavy atom. The molecule has 6 nitrogen and oxygen atoms in total. The quantitative estimate of drug-likeness (QED) is 0.527. The Balaban J connectivity index is 2.50. The summed E-state index contributed by atoms with van der Waals surface area (Å²) in [6, 6.07) is 14.5. The topological polar surface area (TPSA) is 89.7 Å². The van der Waals surface area contributed by atoms with Crippen molar-refractivity contribution in [2.24, 2.45) is 0 Å². The summed E-state index contributed by atoms with van der Waals surface area (Å²) in [4.78, 5) is 21.2. The highest BCUT2D eigenvalue weighted by Gasteiger charge is 2.33. The van der Waals surface area contributed by atoms with E-state index in [-0.39, 0.29) is 5.69 Å². The summed E-state index contributed by atoms with van der Waals surface area (Å²) in [6.45, 7) is 1.61. The largest absolute Gasteiger partial charge is 0.507 e. The highest BCUT2D eigenvalue weighted by atomic mass is 16.7. The Morgan fingerprint density at radius 1 is 1.10 bits per heavy atom. The zero-order valence-corrected chi connectivity index (χ0v) is 11.2. The average Bonchev–Trinajstić information content (AvgIpc) is 2.47.